The van der Waals surface area contributed by atoms with Crippen LogP contribution in [0.15, 0.2) is 83.8 Å². The lowest BCUT2D eigenvalue weighted by atomic mass is 10.1. The van der Waals surface area contributed by atoms with Gasteiger partial charge in [-0.3, -0.25) is 13.9 Å². The zero-order chi connectivity index (χ0) is 27.9. The molecule has 0 aromatic heterocycles. The largest absolute Gasteiger partial charge is 0.352 e. The first-order valence-electron chi connectivity index (χ1n) is 12.5. The SMILES string of the molecule is CC[C@H](C(=O)NC(C)C)N(Cc1ccc(C)cc1)C(=O)CN(c1ccccc1)S(=O)(=O)c1ccc(F)cc1. The number of anilines is 1. The molecule has 2 amide bonds. The number of nitrogens with zero attached hydrogens (tertiary/aromatic N) is 2. The predicted molar refractivity (Wildman–Crippen MR) is 146 cm³/mol. The average molecular weight is 540 g/mol. The Morgan fingerprint density at radius 2 is 1.53 bits per heavy atom. The highest BCUT2D eigenvalue weighted by Crippen LogP contribution is 2.25. The van der Waals surface area contributed by atoms with Gasteiger partial charge in [0.25, 0.3) is 10.0 Å². The Morgan fingerprint density at radius 3 is 2.08 bits per heavy atom. The van der Waals surface area contributed by atoms with Crippen LogP contribution in [0.3, 0.4) is 0 Å². The summed E-state index contributed by atoms with van der Waals surface area (Å²) in [6.07, 6.45) is 0.339. The highest BCUT2D eigenvalue weighted by molar-refractivity contribution is 7.92. The van der Waals surface area contributed by atoms with Crippen LogP contribution in [0.1, 0.15) is 38.3 Å². The molecule has 0 bridgehead atoms. The third-order valence-corrected chi connectivity index (χ3v) is 7.80. The molecule has 0 aliphatic rings. The third-order valence-electron chi connectivity index (χ3n) is 6.02. The average Bonchev–Trinajstić information content (AvgIpc) is 2.88. The van der Waals surface area contributed by atoms with Crippen LogP contribution in [0, 0.1) is 12.7 Å². The first-order valence-corrected chi connectivity index (χ1v) is 14.0. The van der Waals surface area contributed by atoms with E-state index in [1.807, 2.05) is 52.0 Å². The van der Waals surface area contributed by atoms with Gasteiger partial charge >= 0.3 is 0 Å². The van der Waals surface area contributed by atoms with Crippen molar-refractivity contribution in [2.45, 2.75) is 57.6 Å². The molecule has 0 aliphatic carbocycles. The first-order chi connectivity index (χ1) is 18.0. The number of hydrogen-bond acceptors (Lipinski definition) is 4. The number of para-hydroxylation sites is 1. The molecule has 3 rings (SSSR count). The van der Waals surface area contributed by atoms with E-state index in [-0.39, 0.29) is 29.1 Å². The van der Waals surface area contributed by atoms with Gasteiger partial charge in [-0.2, -0.15) is 0 Å². The Kier molecular flexibility index (Phi) is 9.63. The van der Waals surface area contributed by atoms with Crippen LogP contribution in [-0.2, 0) is 26.2 Å². The molecule has 0 aliphatic heterocycles. The van der Waals surface area contributed by atoms with Gasteiger partial charge in [-0.1, -0.05) is 55.0 Å². The van der Waals surface area contributed by atoms with E-state index in [1.54, 1.807) is 30.3 Å². The van der Waals surface area contributed by atoms with Gasteiger partial charge in [-0.15, -0.1) is 0 Å². The number of amides is 2. The molecule has 0 fully saturated rings. The highest BCUT2D eigenvalue weighted by atomic mass is 32.2. The molecule has 0 heterocycles. The number of nitrogens with one attached hydrogen (secondary N) is 1. The molecule has 1 atom stereocenters. The zero-order valence-corrected chi connectivity index (χ0v) is 22.9. The topological polar surface area (TPSA) is 86.8 Å². The second kappa shape index (κ2) is 12.7. The molecule has 9 heteroatoms. The van der Waals surface area contributed by atoms with E-state index in [9.17, 15) is 22.4 Å². The number of benzene rings is 3. The smallest absolute Gasteiger partial charge is 0.264 e. The van der Waals surface area contributed by atoms with Gasteiger partial charge in [-0.05, 0) is 69.2 Å². The lowest BCUT2D eigenvalue weighted by Gasteiger charge is -2.33. The summed E-state index contributed by atoms with van der Waals surface area (Å²) < 4.78 is 41.9. The predicted octanol–water partition coefficient (Wildman–Crippen LogP) is 4.66. The molecule has 0 radical (unpaired) electrons. The highest BCUT2D eigenvalue weighted by Gasteiger charge is 2.33. The maximum absolute atomic E-state index is 13.9. The molecular formula is C29H34FN3O4S. The fraction of sp³-hybridized carbons (Fsp3) is 0.310. The minimum Gasteiger partial charge on any atom is -0.352 e. The van der Waals surface area contributed by atoms with E-state index < -0.39 is 34.3 Å². The molecule has 0 saturated carbocycles. The number of hydrogen-bond donors (Lipinski definition) is 1. The standard InChI is InChI=1S/C29H34FN3O4S/c1-5-27(29(35)31-21(2)3)32(19-23-13-11-22(4)12-14-23)28(34)20-33(25-9-7-6-8-10-25)38(36,37)26-17-15-24(30)16-18-26/h6-18,21,27H,5,19-20H2,1-4H3,(H,31,35)/t27-/m1/s1. The van der Waals surface area contributed by atoms with E-state index in [4.69, 9.17) is 0 Å². The summed E-state index contributed by atoms with van der Waals surface area (Å²) >= 11 is 0. The fourth-order valence-electron chi connectivity index (χ4n) is 4.05. The van der Waals surface area contributed by atoms with Crippen LogP contribution in [0.5, 0.6) is 0 Å². The molecule has 3 aromatic rings. The van der Waals surface area contributed by atoms with Crippen LogP contribution in [-0.4, -0.2) is 43.8 Å². The maximum atomic E-state index is 13.9. The Morgan fingerprint density at radius 1 is 0.921 bits per heavy atom. The fourth-order valence-corrected chi connectivity index (χ4v) is 5.46. The van der Waals surface area contributed by atoms with E-state index in [2.05, 4.69) is 5.32 Å². The van der Waals surface area contributed by atoms with Gasteiger partial charge < -0.3 is 10.2 Å². The minimum absolute atomic E-state index is 0.127. The van der Waals surface area contributed by atoms with Crippen molar-refractivity contribution in [3.63, 3.8) is 0 Å². The van der Waals surface area contributed by atoms with Crippen molar-refractivity contribution < 1.29 is 22.4 Å². The Balaban J connectivity index is 2.03. The summed E-state index contributed by atoms with van der Waals surface area (Å²) in [5, 5.41) is 2.87. The van der Waals surface area contributed by atoms with Gasteiger partial charge in [0, 0.05) is 12.6 Å². The summed E-state index contributed by atoms with van der Waals surface area (Å²) in [4.78, 5) is 28.3. The Labute approximate surface area is 224 Å². The van der Waals surface area contributed by atoms with Gasteiger partial charge in [0.2, 0.25) is 11.8 Å². The normalized spacial score (nSPS) is 12.2. The quantitative estimate of drug-likeness (QED) is 0.384. The van der Waals surface area contributed by atoms with Crippen molar-refractivity contribution in [2.75, 3.05) is 10.8 Å². The number of carbonyl (C=O) groups is 2. The van der Waals surface area contributed by atoms with E-state index in [0.717, 1.165) is 27.6 Å². The van der Waals surface area contributed by atoms with Gasteiger partial charge in [-0.25, -0.2) is 12.8 Å². The molecule has 7 nitrogen and oxygen atoms in total. The minimum atomic E-state index is -4.23. The third kappa shape index (κ3) is 7.19. The first kappa shape index (κ1) is 28.8. The molecule has 0 unspecified atom stereocenters. The van der Waals surface area contributed by atoms with Crippen molar-refractivity contribution >= 4 is 27.5 Å². The van der Waals surface area contributed by atoms with Crippen molar-refractivity contribution in [3.05, 3.63) is 95.8 Å². The van der Waals surface area contributed by atoms with Crippen molar-refractivity contribution in [2.24, 2.45) is 0 Å². The van der Waals surface area contributed by atoms with Gasteiger partial charge in [0.15, 0.2) is 0 Å². The number of sulfonamides is 1. The van der Waals surface area contributed by atoms with Crippen LogP contribution >= 0.6 is 0 Å². The lowest BCUT2D eigenvalue weighted by Crippen LogP contribution is -2.53. The second-order valence-electron chi connectivity index (χ2n) is 9.40. The number of aryl methyl sites for hydroxylation is 1. The number of halogens is 1. The van der Waals surface area contributed by atoms with Crippen LogP contribution < -0.4 is 9.62 Å². The summed E-state index contributed by atoms with van der Waals surface area (Å²) in [7, 11) is -4.23. The van der Waals surface area contributed by atoms with Crippen LogP contribution in [0.4, 0.5) is 10.1 Å². The summed E-state index contributed by atoms with van der Waals surface area (Å²) in [6, 6.07) is 19.4. The van der Waals surface area contributed by atoms with Crippen molar-refractivity contribution in [1.82, 2.24) is 10.2 Å². The second-order valence-corrected chi connectivity index (χ2v) is 11.3. The molecule has 38 heavy (non-hydrogen) atoms. The molecule has 0 saturated heterocycles. The molecular weight excluding hydrogens is 505 g/mol. The monoisotopic (exact) mass is 539 g/mol. The van der Waals surface area contributed by atoms with E-state index in [0.29, 0.717) is 6.42 Å². The molecule has 3 aromatic carbocycles. The van der Waals surface area contributed by atoms with E-state index in [1.165, 1.54) is 17.0 Å². The summed E-state index contributed by atoms with van der Waals surface area (Å²) in [5.41, 5.74) is 2.14. The number of rotatable bonds is 11. The van der Waals surface area contributed by atoms with Crippen LogP contribution in [0.2, 0.25) is 0 Å². The van der Waals surface area contributed by atoms with Crippen molar-refractivity contribution in [1.29, 1.82) is 0 Å². The maximum Gasteiger partial charge on any atom is 0.264 e. The number of carbonyl (C=O) groups excluding carboxylic acids is 2. The molecule has 1 N–H and O–H groups in total. The zero-order valence-electron chi connectivity index (χ0n) is 22.1. The molecule has 0 spiro atoms. The van der Waals surface area contributed by atoms with Crippen LogP contribution in [0.25, 0.3) is 0 Å². The lowest BCUT2D eigenvalue weighted by molar-refractivity contribution is -0.140. The van der Waals surface area contributed by atoms with Gasteiger partial charge in [0.05, 0.1) is 10.6 Å². The molecule has 202 valence electrons. The van der Waals surface area contributed by atoms with Gasteiger partial charge in [0.1, 0.15) is 18.4 Å². The summed E-state index contributed by atoms with van der Waals surface area (Å²) in [5.74, 6) is -1.42. The Bertz CT molecular complexity index is 1330. The Hall–Kier alpha value is -3.72. The van der Waals surface area contributed by atoms with Crippen molar-refractivity contribution in [3.8, 4) is 0 Å². The summed E-state index contributed by atoms with van der Waals surface area (Å²) in [6.45, 7) is 7.02. The van der Waals surface area contributed by atoms with E-state index >= 15 is 0 Å².